The quantitative estimate of drug-likeness (QED) is 0.851. The van der Waals surface area contributed by atoms with Gasteiger partial charge in [-0.25, -0.2) is 0 Å². The van der Waals surface area contributed by atoms with Gasteiger partial charge < -0.3 is 15.6 Å². The Morgan fingerprint density at radius 3 is 2.56 bits per heavy atom. The fraction of sp³-hybridized carbons (Fsp3) is 0.364. The molecule has 1 rings (SSSR count). The lowest BCUT2D eigenvalue weighted by molar-refractivity contribution is -0.274. The van der Waals surface area contributed by atoms with Gasteiger partial charge in [0.1, 0.15) is 5.75 Å². The van der Waals surface area contributed by atoms with Crippen molar-refractivity contribution in [3.63, 3.8) is 0 Å². The lowest BCUT2D eigenvalue weighted by Gasteiger charge is -2.15. The molecule has 7 heteroatoms. The van der Waals surface area contributed by atoms with Gasteiger partial charge in [0.25, 0.3) is 0 Å². The number of carboxylic acids is 1. The van der Waals surface area contributed by atoms with Gasteiger partial charge in [0, 0.05) is 6.04 Å². The van der Waals surface area contributed by atoms with Crippen LogP contribution in [-0.4, -0.2) is 23.5 Å². The van der Waals surface area contributed by atoms with E-state index in [0.717, 1.165) is 6.07 Å². The summed E-state index contributed by atoms with van der Waals surface area (Å²) in [5.41, 5.74) is 5.75. The molecule has 0 saturated carbocycles. The first-order valence-electron chi connectivity index (χ1n) is 5.09. The molecule has 0 fully saturated rings. The minimum absolute atomic E-state index is 0.00144. The highest BCUT2D eigenvalue weighted by Crippen LogP contribution is 2.27. The molecule has 0 saturated heterocycles. The Morgan fingerprint density at radius 1 is 1.39 bits per heavy atom. The second-order valence-corrected chi connectivity index (χ2v) is 3.72. The summed E-state index contributed by atoms with van der Waals surface area (Å²) < 4.78 is 40.2. The number of hydrogen-bond acceptors (Lipinski definition) is 3. The molecule has 0 aromatic heterocycles. The molecule has 0 unspecified atom stereocenters. The highest BCUT2D eigenvalue weighted by Gasteiger charge is 2.32. The SMILES string of the molecule is N[C@@H](CC(=O)O)Cc1ccccc1OC(F)(F)F. The van der Waals surface area contributed by atoms with Crippen molar-refractivity contribution in [3.8, 4) is 5.75 Å². The summed E-state index contributed by atoms with van der Waals surface area (Å²) in [5, 5.41) is 8.53. The van der Waals surface area contributed by atoms with E-state index in [4.69, 9.17) is 10.8 Å². The molecular weight excluding hydrogens is 251 g/mol. The lowest BCUT2D eigenvalue weighted by Crippen LogP contribution is -2.27. The van der Waals surface area contributed by atoms with Crippen molar-refractivity contribution in [1.29, 1.82) is 0 Å². The minimum Gasteiger partial charge on any atom is -0.481 e. The van der Waals surface area contributed by atoms with E-state index in [2.05, 4.69) is 4.74 Å². The van der Waals surface area contributed by atoms with Crippen LogP contribution in [0.5, 0.6) is 5.75 Å². The molecule has 4 nitrogen and oxygen atoms in total. The number of halogens is 3. The fourth-order valence-corrected chi connectivity index (χ4v) is 1.48. The third-order valence-electron chi connectivity index (χ3n) is 2.12. The van der Waals surface area contributed by atoms with Gasteiger partial charge in [0.05, 0.1) is 6.42 Å². The Balaban J connectivity index is 2.79. The van der Waals surface area contributed by atoms with Crippen LogP contribution in [0.25, 0.3) is 0 Å². The molecule has 3 N–H and O–H groups in total. The van der Waals surface area contributed by atoms with E-state index in [9.17, 15) is 18.0 Å². The van der Waals surface area contributed by atoms with E-state index in [1.165, 1.54) is 18.2 Å². The maximum atomic E-state index is 12.1. The van der Waals surface area contributed by atoms with Gasteiger partial charge in [-0.05, 0) is 18.1 Å². The number of alkyl halides is 3. The smallest absolute Gasteiger partial charge is 0.481 e. The van der Waals surface area contributed by atoms with Crippen LogP contribution >= 0.6 is 0 Å². The third-order valence-corrected chi connectivity index (χ3v) is 2.12. The Morgan fingerprint density at radius 2 is 2.00 bits per heavy atom. The first-order valence-corrected chi connectivity index (χ1v) is 5.09. The van der Waals surface area contributed by atoms with E-state index in [0.29, 0.717) is 0 Å². The summed E-state index contributed by atoms with van der Waals surface area (Å²) in [6.45, 7) is 0. The molecule has 1 aromatic carbocycles. The van der Waals surface area contributed by atoms with Gasteiger partial charge >= 0.3 is 12.3 Å². The maximum Gasteiger partial charge on any atom is 0.573 e. The van der Waals surface area contributed by atoms with Crippen molar-refractivity contribution in [2.75, 3.05) is 0 Å². The summed E-state index contributed by atoms with van der Waals surface area (Å²) in [5.74, 6) is -1.46. The average molecular weight is 263 g/mol. The molecule has 0 amide bonds. The second-order valence-electron chi connectivity index (χ2n) is 3.72. The number of ether oxygens (including phenoxy) is 1. The summed E-state index contributed by atoms with van der Waals surface area (Å²) in [7, 11) is 0. The van der Waals surface area contributed by atoms with Crippen molar-refractivity contribution in [1.82, 2.24) is 0 Å². The third kappa shape index (κ3) is 5.05. The topological polar surface area (TPSA) is 72.6 Å². The highest BCUT2D eigenvalue weighted by molar-refractivity contribution is 5.67. The van der Waals surface area contributed by atoms with Crippen LogP contribution < -0.4 is 10.5 Å². The van der Waals surface area contributed by atoms with E-state index in [1.807, 2.05) is 0 Å². The van der Waals surface area contributed by atoms with Crippen LogP contribution in [0.2, 0.25) is 0 Å². The van der Waals surface area contributed by atoms with Crippen molar-refractivity contribution in [2.45, 2.75) is 25.2 Å². The van der Waals surface area contributed by atoms with Gasteiger partial charge in [-0.3, -0.25) is 4.79 Å². The number of carboxylic acid groups (broad SMARTS) is 1. The monoisotopic (exact) mass is 263 g/mol. The first-order chi connectivity index (χ1) is 8.28. The van der Waals surface area contributed by atoms with Crippen molar-refractivity contribution >= 4 is 5.97 Å². The summed E-state index contributed by atoms with van der Waals surface area (Å²) in [4.78, 5) is 10.4. The van der Waals surface area contributed by atoms with Crippen LogP contribution in [0.3, 0.4) is 0 Å². The number of benzene rings is 1. The van der Waals surface area contributed by atoms with Crippen molar-refractivity contribution < 1.29 is 27.8 Å². The molecule has 0 aliphatic rings. The molecule has 0 aliphatic heterocycles. The van der Waals surface area contributed by atoms with Crippen molar-refractivity contribution in [2.24, 2.45) is 5.73 Å². The zero-order valence-electron chi connectivity index (χ0n) is 9.28. The maximum absolute atomic E-state index is 12.1. The summed E-state index contributed by atoms with van der Waals surface area (Å²) in [6, 6.07) is 4.75. The van der Waals surface area contributed by atoms with Crippen LogP contribution in [0.4, 0.5) is 13.2 Å². The highest BCUT2D eigenvalue weighted by atomic mass is 19.4. The number of aliphatic carboxylic acids is 1. The van der Waals surface area contributed by atoms with E-state index in [1.54, 1.807) is 0 Å². The van der Waals surface area contributed by atoms with Crippen LogP contribution in [0.15, 0.2) is 24.3 Å². The molecule has 0 heterocycles. The summed E-state index contributed by atoms with van der Waals surface area (Å²) in [6.07, 6.45) is -5.11. The normalized spacial score (nSPS) is 13.1. The Kier molecular flexibility index (Phi) is 4.55. The van der Waals surface area contributed by atoms with Gasteiger partial charge in [0.2, 0.25) is 0 Å². The number of rotatable bonds is 5. The number of carbonyl (C=O) groups is 1. The zero-order chi connectivity index (χ0) is 13.8. The van der Waals surface area contributed by atoms with Gasteiger partial charge in [-0.1, -0.05) is 18.2 Å². The zero-order valence-corrected chi connectivity index (χ0v) is 9.28. The van der Waals surface area contributed by atoms with Crippen molar-refractivity contribution in [3.05, 3.63) is 29.8 Å². The van der Waals surface area contributed by atoms with Gasteiger partial charge in [-0.15, -0.1) is 13.2 Å². The Hall–Kier alpha value is -1.76. The number of para-hydroxylation sites is 1. The number of nitrogens with two attached hydrogens (primary N) is 1. The molecule has 18 heavy (non-hydrogen) atoms. The van der Waals surface area contributed by atoms with E-state index >= 15 is 0 Å². The van der Waals surface area contributed by atoms with Crippen LogP contribution in [0.1, 0.15) is 12.0 Å². The molecule has 0 bridgehead atoms. The lowest BCUT2D eigenvalue weighted by atomic mass is 10.0. The largest absolute Gasteiger partial charge is 0.573 e. The molecule has 0 aliphatic carbocycles. The minimum atomic E-state index is -4.78. The van der Waals surface area contributed by atoms with Gasteiger partial charge in [-0.2, -0.15) is 0 Å². The molecule has 1 atom stereocenters. The Labute approximate surface area is 101 Å². The molecule has 0 spiro atoms. The number of hydrogen-bond donors (Lipinski definition) is 2. The van der Waals surface area contributed by atoms with Crippen LogP contribution in [-0.2, 0) is 11.2 Å². The fourth-order valence-electron chi connectivity index (χ4n) is 1.48. The standard InChI is InChI=1S/C11H12F3NO3/c12-11(13,14)18-9-4-2-1-3-7(9)5-8(15)6-10(16)17/h1-4,8H,5-6,15H2,(H,16,17)/t8-/m1/s1. The van der Waals surface area contributed by atoms with E-state index < -0.39 is 18.4 Å². The first kappa shape index (κ1) is 14.3. The predicted molar refractivity (Wildman–Crippen MR) is 57.1 cm³/mol. The molecule has 1 aromatic rings. The van der Waals surface area contributed by atoms with E-state index in [-0.39, 0.29) is 24.2 Å². The predicted octanol–water partition coefficient (Wildman–Crippen LogP) is 1.93. The van der Waals surface area contributed by atoms with Crippen LogP contribution in [0, 0.1) is 0 Å². The summed E-state index contributed by atoms with van der Waals surface area (Å²) >= 11 is 0. The Bertz CT molecular complexity index is 420. The average Bonchev–Trinajstić information content (AvgIpc) is 2.17. The van der Waals surface area contributed by atoms with Gasteiger partial charge in [0.15, 0.2) is 0 Å². The molecule has 100 valence electrons. The molecule has 0 radical (unpaired) electrons. The molecular formula is C11H12F3NO3. The second kappa shape index (κ2) is 5.72.